The van der Waals surface area contributed by atoms with Crippen molar-refractivity contribution in [3.63, 3.8) is 0 Å². The van der Waals surface area contributed by atoms with E-state index in [1.807, 2.05) is 19.9 Å². The Morgan fingerprint density at radius 2 is 2.17 bits per heavy atom. The average Bonchev–Trinajstić information content (AvgIpc) is 2.92. The largest absolute Gasteiger partial charge is 0.315 e. The SMILES string of the molecule is CC(C)Cn1cccc(C(=O)Nc2snc3ncccc23)c1=O. The fraction of sp³-hybridized carbons (Fsp3) is 0.250. The summed E-state index contributed by atoms with van der Waals surface area (Å²) >= 11 is 1.15. The Kier molecular flexibility index (Phi) is 4.20. The maximum atomic E-state index is 12.4. The third-order valence-electron chi connectivity index (χ3n) is 3.31. The maximum absolute atomic E-state index is 12.4. The predicted octanol–water partition coefficient (Wildman–Crippen LogP) is 2.76. The normalized spacial score (nSPS) is 11.1. The minimum absolute atomic E-state index is 0.124. The van der Waals surface area contributed by atoms with Crippen LogP contribution in [0.15, 0.2) is 41.5 Å². The Morgan fingerprint density at radius 1 is 1.35 bits per heavy atom. The topological polar surface area (TPSA) is 76.9 Å². The number of fused-ring (bicyclic) bond motifs is 1. The minimum atomic E-state index is -0.428. The maximum Gasteiger partial charge on any atom is 0.263 e. The molecule has 1 amide bonds. The number of pyridine rings is 2. The van der Waals surface area contributed by atoms with Gasteiger partial charge in [-0.05, 0) is 41.7 Å². The molecule has 0 unspecified atom stereocenters. The van der Waals surface area contributed by atoms with Gasteiger partial charge in [0.05, 0.1) is 5.39 Å². The number of nitrogens with one attached hydrogen (secondary N) is 1. The number of carbonyl (C=O) groups excluding carboxylic acids is 1. The zero-order valence-electron chi connectivity index (χ0n) is 12.8. The van der Waals surface area contributed by atoms with E-state index in [1.54, 1.807) is 29.1 Å². The van der Waals surface area contributed by atoms with E-state index in [-0.39, 0.29) is 11.1 Å². The lowest BCUT2D eigenvalue weighted by Crippen LogP contribution is -2.29. The van der Waals surface area contributed by atoms with Crippen LogP contribution in [0.4, 0.5) is 5.00 Å². The molecule has 118 valence electrons. The van der Waals surface area contributed by atoms with Crippen LogP contribution >= 0.6 is 11.5 Å². The number of hydrogen-bond acceptors (Lipinski definition) is 5. The number of aromatic nitrogens is 3. The highest BCUT2D eigenvalue weighted by atomic mass is 32.1. The lowest BCUT2D eigenvalue weighted by Gasteiger charge is -2.10. The smallest absolute Gasteiger partial charge is 0.263 e. The van der Waals surface area contributed by atoms with Crippen molar-refractivity contribution >= 4 is 33.5 Å². The fourth-order valence-electron chi connectivity index (χ4n) is 2.29. The first-order valence-electron chi connectivity index (χ1n) is 7.27. The van der Waals surface area contributed by atoms with Gasteiger partial charge in [-0.2, -0.15) is 4.37 Å². The van der Waals surface area contributed by atoms with Crippen LogP contribution in [-0.2, 0) is 6.54 Å². The highest BCUT2D eigenvalue weighted by molar-refractivity contribution is 7.12. The summed E-state index contributed by atoms with van der Waals surface area (Å²) in [6, 6.07) is 6.87. The van der Waals surface area contributed by atoms with Crippen molar-refractivity contribution in [3.8, 4) is 0 Å². The highest BCUT2D eigenvalue weighted by Gasteiger charge is 2.15. The summed E-state index contributed by atoms with van der Waals surface area (Å²) in [6.07, 6.45) is 3.35. The second-order valence-electron chi connectivity index (χ2n) is 5.61. The standard InChI is InChI=1S/C16H16N4O2S/c1-10(2)9-20-8-4-6-12(16(20)22)14(21)18-15-11-5-3-7-17-13(11)19-23-15/h3-8,10H,9H2,1-2H3,(H,18,21). The molecule has 0 aliphatic carbocycles. The molecule has 3 aromatic heterocycles. The number of carbonyl (C=O) groups is 1. The molecule has 6 nitrogen and oxygen atoms in total. The van der Waals surface area contributed by atoms with Crippen LogP contribution in [0.1, 0.15) is 24.2 Å². The first-order valence-corrected chi connectivity index (χ1v) is 8.05. The molecular formula is C16H16N4O2S. The van der Waals surface area contributed by atoms with Crippen molar-refractivity contribution in [2.75, 3.05) is 5.32 Å². The van der Waals surface area contributed by atoms with Crippen molar-refractivity contribution < 1.29 is 4.79 Å². The summed E-state index contributed by atoms with van der Waals surface area (Å²) in [5.41, 5.74) is 0.419. The number of nitrogens with zero attached hydrogens (tertiary/aromatic N) is 3. The average molecular weight is 328 g/mol. The van der Waals surface area contributed by atoms with Gasteiger partial charge in [-0.15, -0.1) is 0 Å². The molecule has 3 rings (SSSR count). The molecule has 0 aromatic carbocycles. The molecule has 3 heterocycles. The Balaban J connectivity index is 1.91. The van der Waals surface area contributed by atoms with E-state index < -0.39 is 5.91 Å². The van der Waals surface area contributed by atoms with Gasteiger partial charge in [-0.25, -0.2) is 4.98 Å². The van der Waals surface area contributed by atoms with E-state index in [4.69, 9.17) is 0 Å². The van der Waals surface area contributed by atoms with Crippen molar-refractivity contribution in [2.24, 2.45) is 5.92 Å². The second kappa shape index (κ2) is 6.29. The van der Waals surface area contributed by atoms with E-state index in [1.165, 1.54) is 6.07 Å². The third kappa shape index (κ3) is 3.14. The Morgan fingerprint density at radius 3 is 2.96 bits per heavy atom. The van der Waals surface area contributed by atoms with Crippen LogP contribution in [0.3, 0.4) is 0 Å². The van der Waals surface area contributed by atoms with Gasteiger partial charge in [-0.1, -0.05) is 13.8 Å². The van der Waals surface area contributed by atoms with E-state index >= 15 is 0 Å². The van der Waals surface area contributed by atoms with Crippen molar-refractivity contribution in [2.45, 2.75) is 20.4 Å². The number of hydrogen-bond donors (Lipinski definition) is 1. The molecule has 0 fully saturated rings. The first kappa shape index (κ1) is 15.4. The summed E-state index contributed by atoms with van der Waals surface area (Å²) in [5.74, 6) is -0.106. The van der Waals surface area contributed by atoms with Gasteiger partial charge in [0, 0.05) is 18.9 Å². The number of anilines is 1. The summed E-state index contributed by atoms with van der Waals surface area (Å²) in [4.78, 5) is 29.0. The van der Waals surface area contributed by atoms with E-state index in [0.29, 0.717) is 23.1 Å². The summed E-state index contributed by atoms with van der Waals surface area (Å²) < 4.78 is 5.74. The predicted molar refractivity (Wildman–Crippen MR) is 90.9 cm³/mol. The summed E-state index contributed by atoms with van der Waals surface area (Å²) in [7, 11) is 0. The van der Waals surface area contributed by atoms with E-state index in [9.17, 15) is 9.59 Å². The van der Waals surface area contributed by atoms with Crippen LogP contribution in [0.2, 0.25) is 0 Å². The molecule has 0 aliphatic heterocycles. The van der Waals surface area contributed by atoms with Crippen LogP contribution in [0.5, 0.6) is 0 Å². The lowest BCUT2D eigenvalue weighted by molar-refractivity contribution is 0.102. The zero-order valence-corrected chi connectivity index (χ0v) is 13.6. The molecule has 0 atom stereocenters. The van der Waals surface area contributed by atoms with Gasteiger partial charge in [0.25, 0.3) is 11.5 Å². The first-order chi connectivity index (χ1) is 11.1. The third-order valence-corrected chi connectivity index (χ3v) is 4.08. The molecule has 0 saturated heterocycles. The van der Waals surface area contributed by atoms with Gasteiger partial charge in [0.15, 0.2) is 5.65 Å². The zero-order chi connectivity index (χ0) is 16.4. The molecule has 0 aliphatic rings. The molecule has 0 spiro atoms. The molecule has 0 bridgehead atoms. The van der Waals surface area contributed by atoms with Gasteiger partial charge >= 0.3 is 0 Å². The molecule has 0 saturated carbocycles. The molecule has 0 radical (unpaired) electrons. The van der Waals surface area contributed by atoms with E-state index in [0.717, 1.165) is 16.9 Å². The molecule has 7 heteroatoms. The summed E-state index contributed by atoms with van der Waals surface area (Å²) in [6.45, 7) is 4.62. The monoisotopic (exact) mass is 328 g/mol. The lowest BCUT2D eigenvalue weighted by atomic mass is 10.2. The van der Waals surface area contributed by atoms with Gasteiger partial charge in [0.2, 0.25) is 0 Å². The van der Waals surface area contributed by atoms with Gasteiger partial charge < -0.3 is 9.88 Å². The number of amides is 1. The minimum Gasteiger partial charge on any atom is -0.315 e. The Hall–Kier alpha value is -2.54. The second-order valence-corrected chi connectivity index (χ2v) is 6.39. The van der Waals surface area contributed by atoms with Crippen molar-refractivity contribution in [1.82, 2.24) is 13.9 Å². The molecule has 1 N–H and O–H groups in total. The number of rotatable bonds is 4. The van der Waals surface area contributed by atoms with Crippen LogP contribution in [0.25, 0.3) is 11.0 Å². The van der Waals surface area contributed by atoms with Crippen LogP contribution in [0, 0.1) is 5.92 Å². The van der Waals surface area contributed by atoms with Crippen LogP contribution in [-0.4, -0.2) is 19.8 Å². The fourth-order valence-corrected chi connectivity index (χ4v) is 3.01. The molecule has 23 heavy (non-hydrogen) atoms. The van der Waals surface area contributed by atoms with E-state index in [2.05, 4.69) is 14.7 Å². The molecule has 3 aromatic rings. The Labute approximate surface area is 137 Å². The Bertz CT molecular complexity index is 914. The van der Waals surface area contributed by atoms with Crippen molar-refractivity contribution in [3.05, 3.63) is 52.6 Å². The highest BCUT2D eigenvalue weighted by Crippen LogP contribution is 2.26. The molecular weight excluding hydrogens is 312 g/mol. The summed E-state index contributed by atoms with van der Waals surface area (Å²) in [5, 5.41) is 4.13. The quantitative estimate of drug-likeness (QED) is 0.799. The van der Waals surface area contributed by atoms with Crippen LogP contribution < -0.4 is 10.9 Å². The van der Waals surface area contributed by atoms with Gasteiger partial charge in [-0.3, -0.25) is 9.59 Å². The van der Waals surface area contributed by atoms with Gasteiger partial charge in [0.1, 0.15) is 10.6 Å². The van der Waals surface area contributed by atoms with Crippen molar-refractivity contribution in [1.29, 1.82) is 0 Å².